The number of aromatic nitrogens is 1. The van der Waals surface area contributed by atoms with Gasteiger partial charge >= 0.3 is 0 Å². The van der Waals surface area contributed by atoms with Crippen LogP contribution in [0.1, 0.15) is 22.4 Å². The predicted octanol–water partition coefficient (Wildman–Crippen LogP) is 2.89. The van der Waals surface area contributed by atoms with E-state index in [4.69, 9.17) is 4.74 Å². The molecule has 0 unspecified atom stereocenters. The smallest absolute Gasteiger partial charge is 0.0587 e. The molecule has 0 bridgehead atoms. The van der Waals surface area contributed by atoms with Gasteiger partial charge in [0.05, 0.1) is 6.61 Å². The third-order valence-corrected chi connectivity index (χ3v) is 3.64. The van der Waals surface area contributed by atoms with E-state index in [1.165, 1.54) is 22.4 Å². The minimum atomic E-state index is 0.748. The molecule has 0 spiro atoms. The monoisotopic (exact) mass is 272 g/mol. The van der Waals surface area contributed by atoms with Crippen molar-refractivity contribution in [3.63, 3.8) is 0 Å². The van der Waals surface area contributed by atoms with Crippen molar-refractivity contribution in [2.24, 2.45) is 0 Å². The second kappa shape index (κ2) is 7.27. The van der Waals surface area contributed by atoms with E-state index >= 15 is 0 Å². The lowest BCUT2D eigenvalue weighted by Gasteiger charge is -2.11. The van der Waals surface area contributed by atoms with Gasteiger partial charge in [-0.1, -0.05) is 18.2 Å². The fraction of sp³-hybridized carbons (Fsp3) is 0.412. The Bertz CT molecular complexity index is 546. The number of aryl methyl sites for hydroxylation is 2. The number of ether oxygens (including phenoxy) is 1. The number of benzene rings is 1. The zero-order valence-corrected chi connectivity index (χ0v) is 12.6. The highest BCUT2D eigenvalue weighted by molar-refractivity contribution is 5.30. The van der Waals surface area contributed by atoms with E-state index in [2.05, 4.69) is 60.3 Å². The molecule has 20 heavy (non-hydrogen) atoms. The van der Waals surface area contributed by atoms with Gasteiger partial charge in [0.15, 0.2) is 0 Å². The van der Waals surface area contributed by atoms with Crippen LogP contribution in [0, 0.1) is 13.8 Å². The van der Waals surface area contributed by atoms with Crippen molar-refractivity contribution in [2.75, 3.05) is 20.3 Å². The quantitative estimate of drug-likeness (QED) is 0.784. The lowest BCUT2D eigenvalue weighted by molar-refractivity contribution is 0.199. The van der Waals surface area contributed by atoms with E-state index in [1.54, 1.807) is 7.11 Å². The average molecular weight is 272 g/mol. The molecule has 0 aliphatic carbocycles. The summed E-state index contributed by atoms with van der Waals surface area (Å²) in [6, 6.07) is 11.0. The Morgan fingerprint density at radius 3 is 2.75 bits per heavy atom. The molecule has 0 saturated carbocycles. The second-order valence-corrected chi connectivity index (χ2v) is 5.22. The zero-order chi connectivity index (χ0) is 14.4. The summed E-state index contributed by atoms with van der Waals surface area (Å²) in [5.74, 6) is 0. The summed E-state index contributed by atoms with van der Waals surface area (Å²) in [4.78, 5) is 0. The minimum absolute atomic E-state index is 0.748. The van der Waals surface area contributed by atoms with Gasteiger partial charge in [-0.05, 0) is 42.7 Å². The van der Waals surface area contributed by atoms with Gasteiger partial charge < -0.3 is 14.6 Å². The topological polar surface area (TPSA) is 26.2 Å². The largest absolute Gasteiger partial charge is 0.383 e. The van der Waals surface area contributed by atoms with Gasteiger partial charge in [0, 0.05) is 38.6 Å². The third-order valence-electron chi connectivity index (χ3n) is 3.64. The van der Waals surface area contributed by atoms with Gasteiger partial charge in [0.25, 0.3) is 0 Å². The molecule has 0 aliphatic heterocycles. The van der Waals surface area contributed by atoms with Gasteiger partial charge in [0.1, 0.15) is 0 Å². The van der Waals surface area contributed by atoms with Crippen molar-refractivity contribution >= 4 is 0 Å². The SMILES string of the molecule is COCCNCc1cccn1Cc1ccc(C)c(C)c1. The molecule has 2 rings (SSSR count). The van der Waals surface area contributed by atoms with Crippen molar-refractivity contribution in [3.8, 4) is 0 Å². The molecule has 0 atom stereocenters. The summed E-state index contributed by atoms with van der Waals surface area (Å²) in [6.07, 6.45) is 2.14. The first kappa shape index (κ1) is 14.8. The summed E-state index contributed by atoms with van der Waals surface area (Å²) in [5.41, 5.74) is 5.36. The van der Waals surface area contributed by atoms with E-state index in [9.17, 15) is 0 Å². The first-order valence-corrected chi connectivity index (χ1v) is 7.10. The van der Waals surface area contributed by atoms with E-state index < -0.39 is 0 Å². The number of methoxy groups -OCH3 is 1. The molecule has 1 N–H and O–H groups in total. The van der Waals surface area contributed by atoms with Crippen LogP contribution in [-0.2, 0) is 17.8 Å². The number of rotatable bonds is 7. The number of nitrogens with one attached hydrogen (secondary N) is 1. The van der Waals surface area contributed by atoms with Crippen LogP contribution in [0.2, 0.25) is 0 Å². The van der Waals surface area contributed by atoms with Gasteiger partial charge in [-0.3, -0.25) is 0 Å². The highest BCUT2D eigenvalue weighted by Gasteiger charge is 2.03. The molecule has 3 nitrogen and oxygen atoms in total. The Balaban J connectivity index is 1.99. The molecular formula is C17H24N2O. The lowest BCUT2D eigenvalue weighted by Crippen LogP contribution is -2.20. The van der Waals surface area contributed by atoms with Gasteiger partial charge in [-0.15, -0.1) is 0 Å². The Hall–Kier alpha value is -1.58. The molecule has 0 fully saturated rings. The van der Waals surface area contributed by atoms with Crippen LogP contribution in [-0.4, -0.2) is 24.8 Å². The van der Waals surface area contributed by atoms with Gasteiger partial charge in [-0.2, -0.15) is 0 Å². The predicted molar refractivity (Wildman–Crippen MR) is 83.0 cm³/mol. The van der Waals surface area contributed by atoms with Crippen molar-refractivity contribution in [1.29, 1.82) is 0 Å². The highest BCUT2D eigenvalue weighted by atomic mass is 16.5. The van der Waals surface area contributed by atoms with Crippen molar-refractivity contribution in [1.82, 2.24) is 9.88 Å². The number of hydrogen-bond donors (Lipinski definition) is 1. The Morgan fingerprint density at radius 1 is 1.15 bits per heavy atom. The summed E-state index contributed by atoms with van der Waals surface area (Å²) in [5, 5.41) is 3.39. The summed E-state index contributed by atoms with van der Waals surface area (Å²) < 4.78 is 7.34. The van der Waals surface area contributed by atoms with Crippen molar-refractivity contribution < 1.29 is 4.74 Å². The van der Waals surface area contributed by atoms with Crippen LogP contribution in [0.3, 0.4) is 0 Å². The summed E-state index contributed by atoms with van der Waals surface area (Å²) in [7, 11) is 1.73. The van der Waals surface area contributed by atoms with E-state index in [-0.39, 0.29) is 0 Å². The number of hydrogen-bond acceptors (Lipinski definition) is 2. The molecular weight excluding hydrogens is 248 g/mol. The second-order valence-electron chi connectivity index (χ2n) is 5.22. The maximum Gasteiger partial charge on any atom is 0.0587 e. The molecule has 1 aromatic heterocycles. The lowest BCUT2D eigenvalue weighted by atomic mass is 10.1. The molecule has 108 valence electrons. The molecule has 2 aromatic rings. The van der Waals surface area contributed by atoms with Crippen LogP contribution < -0.4 is 5.32 Å². The molecule has 0 radical (unpaired) electrons. The van der Waals surface area contributed by atoms with Crippen LogP contribution in [0.4, 0.5) is 0 Å². The maximum absolute atomic E-state index is 5.04. The minimum Gasteiger partial charge on any atom is -0.383 e. The Kier molecular flexibility index (Phi) is 5.39. The summed E-state index contributed by atoms with van der Waals surface area (Å²) >= 11 is 0. The maximum atomic E-state index is 5.04. The van der Waals surface area contributed by atoms with Crippen molar-refractivity contribution in [2.45, 2.75) is 26.9 Å². The van der Waals surface area contributed by atoms with Gasteiger partial charge in [-0.25, -0.2) is 0 Å². The fourth-order valence-corrected chi connectivity index (χ4v) is 2.25. The zero-order valence-electron chi connectivity index (χ0n) is 12.6. The highest BCUT2D eigenvalue weighted by Crippen LogP contribution is 2.13. The first-order valence-electron chi connectivity index (χ1n) is 7.10. The van der Waals surface area contributed by atoms with Crippen LogP contribution in [0.15, 0.2) is 36.5 Å². The van der Waals surface area contributed by atoms with E-state index in [1.807, 2.05) is 0 Å². The number of nitrogens with zero attached hydrogens (tertiary/aromatic N) is 1. The fourth-order valence-electron chi connectivity index (χ4n) is 2.25. The molecule has 0 saturated heterocycles. The summed E-state index contributed by atoms with van der Waals surface area (Å²) in [6.45, 7) is 7.75. The van der Waals surface area contributed by atoms with E-state index in [0.717, 1.165) is 26.2 Å². The Labute approximate surface area is 121 Å². The standard InChI is InChI=1S/C17H24N2O/c1-14-6-7-16(11-15(14)2)13-19-9-4-5-17(19)12-18-8-10-20-3/h4-7,9,11,18H,8,10,12-13H2,1-3H3. The van der Waals surface area contributed by atoms with E-state index in [0.29, 0.717) is 0 Å². The van der Waals surface area contributed by atoms with Crippen LogP contribution in [0.5, 0.6) is 0 Å². The average Bonchev–Trinajstić information content (AvgIpc) is 2.86. The van der Waals surface area contributed by atoms with Crippen LogP contribution in [0.25, 0.3) is 0 Å². The van der Waals surface area contributed by atoms with Crippen LogP contribution >= 0.6 is 0 Å². The van der Waals surface area contributed by atoms with Gasteiger partial charge in [0.2, 0.25) is 0 Å². The molecule has 1 aromatic carbocycles. The molecule has 1 heterocycles. The third kappa shape index (κ3) is 3.95. The first-order chi connectivity index (χ1) is 9.70. The Morgan fingerprint density at radius 2 is 2.00 bits per heavy atom. The van der Waals surface area contributed by atoms with Crippen molar-refractivity contribution in [3.05, 3.63) is 58.9 Å². The molecule has 0 aliphatic rings. The molecule has 0 amide bonds. The molecule has 3 heteroatoms. The normalized spacial score (nSPS) is 10.9.